The smallest absolute Gasteiger partial charge is 0.279 e. The van der Waals surface area contributed by atoms with Gasteiger partial charge in [-0.1, -0.05) is 34.4 Å². The summed E-state index contributed by atoms with van der Waals surface area (Å²) in [7, 11) is 0. The minimum Gasteiger partial charge on any atom is -0.361 e. The molecule has 4 aromatic rings. The van der Waals surface area contributed by atoms with Crippen LogP contribution in [0.1, 0.15) is 44.5 Å². The Balaban J connectivity index is 1.55. The lowest BCUT2D eigenvalue weighted by atomic mass is 10.2. The zero-order valence-corrected chi connectivity index (χ0v) is 19.9. The molecule has 0 aliphatic heterocycles. The van der Waals surface area contributed by atoms with Gasteiger partial charge in [0.15, 0.2) is 11.5 Å². The van der Waals surface area contributed by atoms with Gasteiger partial charge >= 0.3 is 0 Å². The van der Waals surface area contributed by atoms with Crippen molar-refractivity contribution < 1.29 is 13.7 Å². The first kappa shape index (κ1) is 23.0. The maximum absolute atomic E-state index is 14.2. The van der Waals surface area contributed by atoms with Crippen LogP contribution in [0, 0.1) is 33.5 Å². The molecule has 0 spiro atoms. The van der Waals surface area contributed by atoms with Gasteiger partial charge in [-0.15, -0.1) is 0 Å². The van der Waals surface area contributed by atoms with Gasteiger partial charge in [0.2, 0.25) is 0 Å². The van der Waals surface area contributed by atoms with Gasteiger partial charge in [-0.25, -0.2) is 4.39 Å². The fraction of sp³-hybridized carbons (Fsp3) is 0.273. The molecule has 8 nitrogen and oxygen atoms in total. The summed E-state index contributed by atoms with van der Waals surface area (Å²) in [5.41, 5.74) is 3.23. The molecule has 0 unspecified atom stereocenters. The lowest BCUT2D eigenvalue weighted by Crippen LogP contribution is -2.17. The molecule has 3 heterocycles. The molecule has 0 saturated heterocycles. The quantitative estimate of drug-likeness (QED) is 0.406. The fourth-order valence-electron chi connectivity index (χ4n) is 3.47. The van der Waals surface area contributed by atoms with E-state index in [9.17, 15) is 9.18 Å². The third-order valence-electron chi connectivity index (χ3n) is 5.39. The monoisotopic (exact) mass is 490 g/mol. The van der Waals surface area contributed by atoms with Crippen LogP contribution in [-0.4, -0.2) is 30.6 Å². The van der Waals surface area contributed by atoms with Crippen LogP contribution in [0.25, 0.3) is 0 Å². The summed E-state index contributed by atoms with van der Waals surface area (Å²) in [4.78, 5) is 13.0. The topological polar surface area (TPSA) is 90.8 Å². The van der Waals surface area contributed by atoms with Crippen molar-refractivity contribution in [2.24, 2.45) is 0 Å². The van der Waals surface area contributed by atoms with Crippen LogP contribution in [0.15, 0.2) is 28.8 Å². The fourth-order valence-corrected chi connectivity index (χ4v) is 3.83. The van der Waals surface area contributed by atoms with Crippen molar-refractivity contribution in [3.05, 3.63) is 79.8 Å². The van der Waals surface area contributed by atoms with Crippen LogP contribution in [0.4, 0.5) is 10.2 Å². The van der Waals surface area contributed by atoms with Gasteiger partial charge in [-0.2, -0.15) is 10.2 Å². The molecular formula is C22H21Cl2FN6O2. The van der Waals surface area contributed by atoms with Crippen LogP contribution in [0.2, 0.25) is 10.0 Å². The molecule has 0 aliphatic carbocycles. The molecule has 3 aromatic heterocycles. The lowest BCUT2D eigenvalue weighted by molar-refractivity contribution is 0.101. The van der Waals surface area contributed by atoms with E-state index < -0.39 is 11.7 Å². The summed E-state index contributed by atoms with van der Waals surface area (Å²) < 4.78 is 22.7. The van der Waals surface area contributed by atoms with E-state index in [1.807, 2.05) is 13.8 Å². The summed E-state index contributed by atoms with van der Waals surface area (Å²) in [6.07, 6.45) is 0. The molecule has 1 N–H and O–H groups in total. The minimum absolute atomic E-state index is 0.125. The van der Waals surface area contributed by atoms with Gasteiger partial charge in [0.05, 0.1) is 29.5 Å². The van der Waals surface area contributed by atoms with Gasteiger partial charge in [-0.05, 0) is 39.8 Å². The van der Waals surface area contributed by atoms with E-state index in [0.717, 1.165) is 11.4 Å². The molecule has 0 saturated carbocycles. The second-order valence-corrected chi connectivity index (χ2v) is 8.48. The van der Waals surface area contributed by atoms with Gasteiger partial charge in [0.1, 0.15) is 11.6 Å². The van der Waals surface area contributed by atoms with E-state index >= 15 is 0 Å². The summed E-state index contributed by atoms with van der Waals surface area (Å²) >= 11 is 12.4. The van der Waals surface area contributed by atoms with E-state index in [1.54, 1.807) is 41.4 Å². The van der Waals surface area contributed by atoms with E-state index in [4.69, 9.17) is 27.7 Å². The number of halogens is 3. The van der Waals surface area contributed by atoms with Crippen molar-refractivity contribution in [3.63, 3.8) is 0 Å². The molecule has 172 valence electrons. The number of rotatable bonds is 6. The number of carbonyl (C=O) groups is 1. The Hall–Kier alpha value is -3.17. The summed E-state index contributed by atoms with van der Waals surface area (Å²) in [5.74, 6) is -0.108. The Morgan fingerprint density at radius 3 is 2.48 bits per heavy atom. The van der Waals surface area contributed by atoms with Gasteiger partial charge in [0.25, 0.3) is 5.91 Å². The number of carbonyl (C=O) groups excluding carboxylic acids is 1. The first-order valence-corrected chi connectivity index (χ1v) is 10.8. The highest BCUT2D eigenvalue weighted by atomic mass is 35.5. The predicted molar refractivity (Wildman–Crippen MR) is 122 cm³/mol. The van der Waals surface area contributed by atoms with Crippen LogP contribution < -0.4 is 5.32 Å². The molecular weight excluding hydrogens is 470 g/mol. The summed E-state index contributed by atoms with van der Waals surface area (Å²) in [5, 5.41) is 16.3. The molecule has 4 rings (SSSR count). The van der Waals surface area contributed by atoms with Crippen LogP contribution in [-0.2, 0) is 13.1 Å². The Morgan fingerprint density at radius 2 is 1.82 bits per heavy atom. The molecule has 33 heavy (non-hydrogen) atoms. The highest BCUT2D eigenvalue weighted by molar-refractivity contribution is 6.32. The highest BCUT2D eigenvalue weighted by Crippen LogP contribution is 2.24. The molecule has 0 fully saturated rings. The molecule has 0 radical (unpaired) electrons. The largest absolute Gasteiger partial charge is 0.361 e. The molecule has 0 aliphatic rings. The van der Waals surface area contributed by atoms with Gasteiger partial charge < -0.3 is 9.84 Å². The maximum atomic E-state index is 14.2. The van der Waals surface area contributed by atoms with E-state index in [-0.39, 0.29) is 18.8 Å². The van der Waals surface area contributed by atoms with Crippen molar-refractivity contribution in [1.82, 2.24) is 24.7 Å². The first-order valence-electron chi connectivity index (χ1n) is 10.1. The minimum atomic E-state index is -0.483. The molecule has 1 aromatic carbocycles. The summed E-state index contributed by atoms with van der Waals surface area (Å²) in [6.45, 7) is 7.59. The number of aryl methyl sites for hydroxylation is 3. The standard InChI is InChI=1S/C22H21Cl2FN6O2/c1-11-8-19(28-30(11)10-16-17(23)6-5-7-18(16)25)26-22(32)21-15(14(4)33-29-21)9-31-13(3)20(24)12(2)27-31/h5-8H,9-10H2,1-4H3,(H,26,28,32). The van der Waals surface area contributed by atoms with E-state index in [1.165, 1.54) is 6.07 Å². The number of benzene rings is 1. The Morgan fingerprint density at radius 1 is 1.09 bits per heavy atom. The van der Waals surface area contributed by atoms with Crippen molar-refractivity contribution in [2.75, 3.05) is 5.32 Å². The molecule has 0 atom stereocenters. The third kappa shape index (κ3) is 4.51. The van der Waals surface area contributed by atoms with Crippen molar-refractivity contribution in [1.29, 1.82) is 0 Å². The number of anilines is 1. The van der Waals surface area contributed by atoms with Crippen LogP contribution in [0.3, 0.4) is 0 Å². The number of aromatic nitrogens is 5. The normalized spacial score (nSPS) is 11.2. The second kappa shape index (κ2) is 8.99. The van der Waals surface area contributed by atoms with Crippen LogP contribution in [0.5, 0.6) is 0 Å². The second-order valence-electron chi connectivity index (χ2n) is 7.69. The molecule has 1 amide bonds. The number of hydrogen-bond acceptors (Lipinski definition) is 5. The van der Waals surface area contributed by atoms with Crippen molar-refractivity contribution in [3.8, 4) is 0 Å². The predicted octanol–water partition coefficient (Wildman–Crippen LogP) is 5.10. The average molecular weight is 491 g/mol. The van der Waals surface area contributed by atoms with Gasteiger partial charge in [-0.3, -0.25) is 14.2 Å². The third-order valence-corrected chi connectivity index (χ3v) is 6.29. The Labute approximate surface area is 199 Å². The van der Waals surface area contributed by atoms with Gasteiger partial charge in [0, 0.05) is 27.9 Å². The highest BCUT2D eigenvalue weighted by Gasteiger charge is 2.23. The van der Waals surface area contributed by atoms with Crippen molar-refractivity contribution >= 4 is 34.9 Å². The van der Waals surface area contributed by atoms with Crippen LogP contribution >= 0.6 is 23.2 Å². The maximum Gasteiger partial charge on any atom is 0.279 e. The molecule has 11 heteroatoms. The zero-order valence-electron chi connectivity index (χ0n) is 18.4. The number of nitrogens with one attached hydrogen (secondary N) is 1. The first-order chi connectivity index (χ1) is 15.7. The van der Waals surface area contributed by atoms with E-state index in [2.05, 4.69) is 20.7 Å². The van der Waals surface area contributed by atoms with Crippen molar-refractivity contribution in [2.45, 2.75) is 40.8 Å². The zero-order chi connectivity index (χ0) is 23.9. The average Bonchev–Trinajstić information content (AvgIpc) is 3.37. The SMILES string of the molecule is Cc1nn(Cc2c(C(=O)Nc3cc(C)n(Cc4c(F)cccc4Cl)n3)noc2C)c(C)c1Cl. The van der Waals surface area contributed by atoms with E-state index in [0.29, 0.717) is 38.4 Å². The number of amides is 1. The molecule has 0 bridgehead atoms. The lowest BCUT2D eigenvalue weighted by Gasteiger charge is -2.08. The number of nitrogens with zero attached hydrogens (tertiary/aromatic N) is 5. The number of hydrogen-bond donors (Lipinski definition) is 1. The Kier molecular flexibility index (Phi) is 6.27. The Bertz CT molecular complexity index is 1340. The summed E-state index contributed by atoms with van der Waals surface area (Å²) in [6, 6.07) is 6.18.